The Morgan fingerprint density at radius 2 is 1.77 bits per heavy atom. The van der Waals surface area contributed by atoms with Crippen molar-refractivity contribution in [3.8, 4) is 17.2 Å². The Balaban J connectivity index is 1.74. The van der Waals surface area contributed by atoms with Crippen LogP contribution >= 0.6 is 0 Å². The van der Waals surface area contributed by atoms with Gasteiger partial charge in [0.1, 0.15) is 28.9 Å². The highest BCUT2D eigenvalue weighted by atomic mass is 16.5. The minimum Gasteiger partial charge on any atom is -0.497 e. The number of ether oxygens (including phenoxy) is 3. The zero-order valence-electron chi connectivity index (χ0n) is 17.9. The fourth-order valence-electron chi connectivity index (χ4n) is 4.87. The van der Waals surface area contributed by atoms with Crippen LogP contribution in [0.5, 0.6) is 17.2 Å². The molecule has 2 aromatic carbocycles. The quantitative estimate of drug-likeness (QED) is 0.572. The molecule has 1 aromatic heterocycles. The average molecular weight is 420 g/mol. The Morgan fingerprint density at radius 3 is 2.52 bits per heavy atom. The maximum Gasteiger partial charge on any atom is 0.339 e. The molecule has 1 atom stereocenters. The van der Waals surface area contributed by atoms with E-state index in [4.69, 9.17) is 18.6 Å². The van der Waals surface area contributed by atoms with E-state index < -0.39 is 6.10 Å². The first-order chi connectivity index (χ1) is 15.0. The van der Waals surface area contributed by atoms with Gasteiger partial charge in [-0.25, -0.2) is 4.79 Å². The normalized spacial score (nSPS) is 17.6. The molecule has 31 heavy (non-hydrogen) atoms. The Morgan fingerprint density at radius 1 is 1.00 bits per heavy atom. The summed E-state index contributed by atoms with van der Waals surface area (Å²) < 4.78 is 23.1. The van der Waals surface area contributed by atoms with Crippen LogP contribution in [0.4, 0.5) is 0 Å². The first kappa shape index (κ1) is 19.7. The second-order valence-electron chi connectivity index (χ2n) is 8.17. The highest BCUT2D eigenvalue weighted by Gasteiger charge is 2.34. The van der Waals surface area contributed by atoms with Gasteiger partial charge in [-0.3, -0.25) is 4.79 Å². The molecule has 5 rings (SSSR count). The molecule has 1 unspecified atom stereocenters. The molecule has 0 amide bonds. The van der Waals surface area contributed by atoms with Gasteiger partial charge in [-0.2, -0.15) is 0 Å². The molecule has 1 aliphatic carbocycles. The molecular formula is C25H24O6. The Kier molecular flexibility index (Phi) is 4.73. The summed E-state index contributed by atoms with van der Waals surface area (Å²) in [6.45, 7) is 1.85. The van der Waals surface area contributed by atoms with Crippen molar-refractivity contribution in [1.82, 2.24) is 0 Å². The number of hydrogen-bond acceptors (Lipinski definition) is 6. The predicted molar refractivity (Wildman–Crippen MR) is 116 cm³/mol. The maximum absolute atomic E-state index is 13.3. The second-order valence-corrected chi connectivity index (χ2v) is 8.17. The van der Waals surface area contributed by atoms with Gasteiger partial charge in [0, 0.05) is 11.1 Å². The molecule has 0 bridgehead atoms. The molecule has 2 aliphatic rings. The van der Waals surface area contributed by atoms with Crippen molar-refractivity contribution in [1.29, 1.82) is 0 Å². The first-order valence-electron chi connectivity index (χ1n) is 10.6. The molecular weight excluding hydrogens is 396 g/mol. The molecule has 0 radical (unpaired) electrons. The molecule has 0 spiro atoms. The summed E-state index contributed by atoms with van der Waals surface area (Å²) in [6, 6.07) is 7.26. The van der Waals surface area contributed by atoms with Gasteiger partial charge in [-0.15, -0.1) is 0 Å². The van der Waals surface area contributed by atoms with Crippen LogP contribution in [-0.2, 0) is 12.8 Å². The van der Waals surface area contributed by atoms with Gasteiger partial charge >= 0.3 is 5.63 Å². The van der Waals surface area contributed by atoms with E-state index in [2.05, 4.69) is 0 Å². The molecule has 2 heterocycles. The molecule has 6 nitrogen and oxygen atoms in total. The van der Waals surface area contributed by atoms with Crippen molar-refractivity contribution in [3.63, 3.8) is 0 Å². The summed E-state index contributed by atoms with van der Waals surface area (Å²) in [6.07, 6.45) is 3.09. The van der Waals surface area contributed by atoms with E-state index in [1.54, 1.807) is 20.3 Å². The van der Waals surface area contributed by atoms with Crippen molar-refractivity contribution in [2.24, 2.45) is 0 Å². The van der Waals surface area contributed by atoms with E-state index in [1.807, 2.05) is 25.1 Å². The van der Waals surface area contributed by atoms with E-state index >= 15 is 0 Å². The number of benzene rings is 2. The Bertz CT molecular complexity index is 1270. The second kappa shape index (κ2) is 7.45. The molecule has 0 saturated heterocycles. The van der Waals surface area contributed by atoms with Crippen LogP contribution in [0.3, 0.4) is 0 Å². The topological polar surface area (TPSA) is 75.0 Å². The molecule has 6 heteroatoms. The lowest BCUT2D eigenvalue weighted by Crippen LogP contribution is -2.23. The van der Waals surface area contributed by atoms with Crippen LogP contribution in [-0.4, -0.2) is 20.0 Å². The first-order valence-corrected chi connectivity index (χ1v) is 10.6. The lowest BCUT2D eigenvalue weighted by Gasteiger charge is -2.30. The smallest absolute Gasteiger partial charge is 0.339 e. The van der Waals surface area contributed by atoms with E-state index in [-0.39, 0.29) is 17.8 Å². The van der Waals surface area contributed by atoms with Crippen molar-refractivity contribution in [2.75, 3.05) is 14.2 Å². The summed E-state index contributed by atoms with van der Waals surface area (Å²) in [5.41, 5.74) is 3.95. The zero-order valence-corrected chi connectivity index (χ0v) is 17.9. The largest absolute Gasteiger partial charge is 0.497 e. The summed E-state index contributed by atoms with van der Waals surface area (Å²) in [4.78, 5) is 25.8. The lowest BCUT2D eigenvalue weighted by molar-refractivity contribution is 0.0849. The summed E-state index contributed by atoms with van der Waals surface area (Å²) in [7, 11) is 3.19. The number of hydrogen-bond donors (Lipinski definition) is 0. The predicted octanol–water partition coefficient (Wildman–Crippen LogP) is 4.70. The Hall–Kier alpha value is -3.28. The van der Waals surface area contributed by atoms with Crippen LogP contribution in [0.15, 0.2) is 33.5 Å². The third-order valence-electron chi connectivity index (χ3n) is 6.35. The van der Waals surface area contributed by atoms with Crippen LogP contribution in [0.1, 0.15) is 58.0 Å². The fourth-order valence-corrected chi connectivity index (χ4v) is 4.87. The van der Waals surface area contributed by atoms with Gasteiger partial charge in [-0.05, 0) is 68.0 Å². The minimum atomic E-state index is -0.527. The van der Waals surface area contributed by atoms with Crippen molar-refractivity contribution in [3.05, 3.63) is 62.5 Å². The SMILES string of the molecule is COc1ccc(OC)c(C2CC(=O)c3c(C)cc4oc(=O)c5c(c4c3O2)CCCC5)c1. The molecule has 160 valence electrons. The number of Topliss-reactive ketones (excluding diaryl/α,β-unsaturated/α-hetero) is 1. The van der Waals surface area contributed by atoms with E-state index in [0.29, 0.717) is 40.4 Å². The van der Waals surface area contributed by atoms with Gasteiger partial charge in [0.2, 0.25) is 0 Å². The molecule has 0 saturated carbocycles. The van der Waals surface area contributed by atoms with E-state index in [1.165, 1.54) is 0 Å². The standard InChI is InChI=1S/C25H24O6/c1-13-10-21-23(15-6-4-5-7-16(15)25(27)31-21)24-22(13)18(26)12-20(30-24)17-11-14(28-2)8-9-19(17)29-3/h8-11,20H,4-7,12H2,1-3H3. The molecule has 0 N–H and O–H groups in total. The summed E-state index contributed by atoms with van der Waals surface area (Å²) >= 11 is 0. The van der Waals surface area contributed by atoms with Gasteiger partial charge in [0.15, 0.2) is 5.78 Å². The fraction of sp³-hybridized carbons (Fsp3) is 0.360. The number of aryl methyl sites for hydroxylation is 2. The van der Waals surface area contributed by atoms with Gasteiger partial charge in [0.05, 0.1) is 31.6 Å². The number of carbonyl (C=O) groups is 1. The van der Waals surface area contributed by atoms with Crippen molar-refractivity contribution < 1.29 is 23.4 Å². The summed E-state index contributed by atoms with van der Waals surface area (Å²) in [5, 5.41) is 0.759. The number of carbonyl (C=O) groups excluding carboxylic acids is 1. The number of rotatable bonds is 3. The average Bonchev–Trinajstić information content (AvgIpc) is 2.78. The van der Waals surface area contributed by atoms with E-state index in [0.717, 1.165) is 41.3 Å². The highest BCUT2D eigenvalue weighted by Crippen LogP contribution is 2.45. The van der Waals surface area contributed by atoms with Gasteiger partial charge in [-0.1, -0.05) is 0 Å². The zero-order chi connectivity index (χ0) is 21.7. The highest BCUT2D eigenvalue weighted by molar-refractivity contribution is 6.07. The summed E-state index contributed by atoms with van der Waals surface area (Å²) in [5.74, 6) is 1.82. The number of methoxy groups -OCH3 is 2. The Labute approximate surface area is 179 Å². The van der Waals surface area contributed by atoms with E-state index in [9.17, 15) is 9.59 Å². The van der Waals surface area contributed by atoms with Gasteiger partial charge in [0.25, 0.3) is 0 Å². The third-order valence-corrected chi connectivity index (χ3v) is 6.35. The maximum atomic E-state index is 13.3. The van der Waals surface area contributed by atoms with Crippen LogP contribution in [0.2, 0.25) is 0 Å². The van der Waals surface area contributed by atoms with Crippen LogP contribution < -0.4 is 19.8 Å². The monoisotopic (exact) mass is 420 g/mol. The number of fused-ring (bicyclic) bond motifs is 5. The molecule has 0 fully saturated rings. The van der Waals surface area contributed by atoms with Gasteiger partial charge < -0.3 is 18.6 Å². The lowest BCUT2D eigenvalue weighted by atomic mass is 9.86. The molecule has 3 aromatic rings. The number of ketones is 1. The van der Waals surface area contributed by atoms with Crippen LogP contribution in [0, 0.1) is 6.92 Å². The molecule has 1 aliphatic heterocycles. The third kappa shape index (κ3) is 3.09. The van der Waals surface area contributed by atoms with Crippen molar-refractivity contribution >= 4 is 16.8 Å². The van der Waals surface area contributed by atoms with Crippen molar-refractivity contribution in [2.45, 2.75) is 45.1 Å². The van der Waals surface area contributed by atoms with Crippen LogP contribution in [0.25, 0.3) is 11.0 Å². The minimum absolute atomic E-state index is 0.00582.